The van der Waals surface area contributed by atoms with E-state index in [2.05, 4.69) is 5.32 Å². The number of nitrogens with one attached hydrogen (secondary N) is 1. The van der Waals surface area contributed by atoms with Crippen molar-refractivity contribution in [3.63, 3.8) is 0 Å². The summed E-state index contributed by atoms with van der Waals surface area (Å²) in [6.07, 6.45) is 5.91. The molecular weight excluding hydrogens is 304 g/mol. The van der Waals surface area contributed by atoms with Crippen LogP contribution < -0.4 is 10.2 Å². The van der Waals surface area contributed by atoms with E-state index in [0.29, 0.717) is 19.3 Å². The van der Waals surface area contributed by atoms with Crippen LogP contribution in [0.5, 0.6) is 0 Å². The van der Waals surface area contributed by atoms with Gasteiger partial charge in [-0.2, -0.15) is 0 Å². The van der Waals surface area contributed by atoms with Crippen LogP contribution in [0.3, 0.4) is 0 Å². The first-order valence-corrected chi connectivity index (χ1v) is 8.56. The number of aliphatic hydroxyl groups is 1. The first-order valence-electron chi connectivity index (χ1n) is 8.56. The van der Waals surface area contributed by atoms with Crippen LogP contribution in [0, 0.1) is 0 Å². The zero-order valence-corrected chi connectivity index (χ0v) is 14.4. The molecule has 0 radical (unpaired) electrons. The maximum atomic E-state index is 11.9. The number of rotatable bonds is 7. The van der Waals surface area contributed by atoms with Gasteiger partial charge >= 0.3 is 0 Å². The van der Waals surface area contributed by atoms with Crippen molar-refractivity contribution in [2.45, 2.75) is 45.1 Å². The number of anilines is 1. The summed E-state index contributed by atoms with van der Waals surface area (Å²) in [5.41, 5.74) is 0.949. The first kappa shape index (κ1) is 18.2. The molecule has 0 bridgehead atoms. The molecule has 2 amide bonds. The third kappa shape index (κ3) is 4.68. The molecule has 0 saturated carbocycles. The van der Waals surface area contributed by atoms with E-state index in [1.165, 1.54) is 6.08 Å². The summed E-state index contributed by atoms with van der Waals surface area (Å²) >= 11 is 0. The smallest absolute Gasteiger partial charge is 0.244 e. The van der Waals surface area contributed by atoms with Crippen molar-refractivity contribution in [2.75, 3.05) is 18.0 Å². The van der Waals surface area contributed by atoms with Crippen LogP contribution in [-0.2, 0) is 9.59 Å². The van der Waals surface area contributed by atoms with Crippen molar-refractivity contribution in [1.82, 2.24) is 5.32 Å². The summed E-state index contributed by atoms with van der Waals surface area (Å²) in [4.78, 5) is 25.4. The normalized spacial score (nSPS) is 15.3. The molecule has 2 N–H and O–H groups in total. The van der Waals surface area contributed by atoms with E-state index < -0.39 is 5.60 Å². The van der Waals surface area contributed by atoms with Crippen LogP contribution in [0.15, 0.2) is 30.3 Å². The Kier molecular flexibility index (Phi) is 6.15. The molecule has 0 atom stereocenters. The van der Waals surface area contributed by atoms with Gasteiger partial charge in [-0.05, 0) is 43.0 Å². The van der Waals surface area contributed by atoms with Gasteiger partial charge in [0.05, 0.1) is 5.60 Å². The maximum Gasteiger partial charge on any atom is 0.244 e. The third-order valence-electron chi connectivity index (χ3n) is 4.61. The van der Waals surface area contributed by atoms with Gasteiger partial charge in [-0.1, -0.05) is 26.0 Å². The van der Waals surface area contributed by atoms with Gasteiger partial charge in [0.2, 0.25) is 11.8 Å². The van der Waals surface area contributed by atoms with Crippen molar-refractivity contribution in [1.29, 1.82) is 0 Å². The van der Waals surface area contributed by atoms with E-state index >= 15 is 0 Å². The Balaban J connectivity index is 1.89. The molecule has 0 aromatic heterocycles. The summed E-state index contributed by atoms with van der Waals surface area (Å²) in [5, 5.41) is 12.9. The van der Waals surface area contributed by atoms with Gasteiger partial charge in [-0.25, -0.2) is 0 Å². The van der Waals surface area contributed by atoms with E-state index in [-0.39, 0.29) is 18.4 Å². The number of carbonyl (C=O) groups is 2. The molecular formula is C19H26N2O3. The largest absolute Gasteiger partial charge is 0.388 e. The second kappa shape index (κ2) is 8.11. The fourth-order valence-electron chi connectivity index (χ4n) is 2.67. The third-order valence-corrected chi connectivity index (χ3v) is 4.61. The van der Waals surface area contributed by atoms with Gasteiger partial charge < -0.3 is 15.3 Å². The molecule has 1 aliphatic heterocycles. The van der Waals surface area contributed by atoms with E-state index in [1.54, 1.807) is 11.0 Å². The standard InChI is InChI=1S/C19H26N2O3/c1-3-19(24,4-2)14-20-17(22)12-9-15-7-10-16(11-8-15)21-13-5-6-18(21)23/h7-12,24H,3-6,13-14H2,1-2H3,(H,20,22). The quantitative estimate of drug-likeness (QED) is 0.755. The Morgan fingerprint density at radius 1 is 1.29 bits per heavy atom. The van der Waals surface area contributed by atoms with Gasteiger partial charge in [0.1, 0.15) is 0 Å². The van der Waals surface area contributed by atoms with E-state index in [1.807, 2.05) is 38.1 Å². The molecule has 130 valence electrons. The topological polar surface area (TPSA) is 69.6 Å². The zero-order chi connectivity index (χ0) is 17.6. The van der Waals surface area contributed by atoms with Crippen molar-refractivity contribution in [3.8, 4) is 0 Å². The second-order valence-corrected chi connectivity index (χ2v) is 6.22. The van der Waals surface area contributed by atoms with Gasteiger partial charge in [0.25, 0.3) is 0 Å². The molecule has 24 heavy (non-hydrogen) atoms. The van der Waals surface area contributed by atoms with Gasteiger partial charge in [-0.15, -0.1) is 0 Å². The predicted octanol–water partition coefficient (Wildman–Crippen LogP) is 2.49. The number of hydrogen-bond donors (Lipinski definition) is 2. The highest BCUT2D eigenvalue weighted by atomic mass is 16.3. The number of nitrogens with zero attached hydrogens (tertiary/aromatic N) is 1. The van der Waals surface area contributed by atoms with Crippen LogP contribution in [0.4, 0.5) is 5.69 Å². The number of amides is 2. The van der Waals surface area contributed by atoms with Crippen LogP contribution in [0.1, 0.15) is 45.1 Å². The minimum atomic E-state index is -0.840. The Bertz CT molecular complexity index is 604. The molecule has 5 heteroatoms. The lowest BCUT2D eigenvalue weighted by Gasteiger charge is -2.24. The van der Waals surface area contributed by atoms with Crippen molar-refractivity contribution in [3.05, 3.63) is 35.9 Å². The van der Waals surface area contributed by atoms with E-state index in [9.17, 15) is 14.7 Å². The monoisotopic (exact) mass is 330 g/mol. The minimum Gasteiger partial charge on any atom is -0.388 e. The van der Waals surface area contributed by atoms with Crippen molar-refractivity contribution in [2.24, 2.45) is 0 Å². The highest BCUT2D eigenvalue weighted by molar-refractivity contribution is 5.95. The molecule has 0 aliphatic carbocycles. The van der Waals surface area contributed by atoms with Crippen LogP contribution in [0.2, 0.25) is 0 Å². The van der Waals surface area contributed by atoms with Crippen molar-refractivity contribution >= 4 is 23.6 Å². The summed E-state index contributed by atoms with van der Waals surface area (Å²) in [5.74, 6) is -0.0638. The summed E-state index contributed by atoms with van der Waals surface area (Å²) in [6, 6.07) is 7.57. The molecule has 1 aromatic carbocycles. The fraction of sp³-hybridized carbons (Fsp3) is 0.474. The van der Waals surface area contributed by atoms with Gasteiger partial charge in [0.15, 0.2) is 0 Å². The molecule has 1 aliphatic rings. The molecule has 0 spiro atoms. The molecule has 0 unspecified atom stereocenters. The van der Waals surface area contributed by atoms with Gasteiger partial charge in [-0.3, -0.25) is 9.59 Å². The molecule has 1 aromatic rings. The van der Waals surface area contributed by atoms with Crippen LogP contribution in [0.25, 0.3) is 6.08 Å². The lowest BCUT2D eigenvalue weighted by atomic mass is 9.98. The second-order valence-electron chi connectivity index (χ2n) is 6.22. The summed E-state index contributed by atoms with van der Waals surface area (Å²) in [7, 11) is 0. The predicted molar refractivity (Wildman–Crippen MR) is 95.6 cm³/mol. The molecule has 2 rings (SSSR count). The Morgan fingerprint density at radius 3 is 2.50 bits per heavy atom. The number of carbonyl (C=O) groups excluding carboxylic acids is 2. The van der Waals surface area contributed by atoms with Gasteiger partial charge in [0, 0.05) is 31.3 Å². The molecule has 5 nitrogen and oxygen atoms in total. The van der Waals surface area contributed by atoms with Crippen LogP contribution in [-0.4, -0.2) is 35.6 Å². The number of hydrogen-bond acceptors (Lipinski definition) is 3. The Hall–Kier alpha value is -2.14. The lowest BCUT2D eigenvalue weighted by molar-refractivity contribution is -0.118. The number of benzene rings is 1. The average molecular weight is 330 g/mol. The SMILES string of the molecule is CCC(O)(CC)CNC(=O)C=Cc1ccc(N2CCCC2=O)cc1. The Labute approximate surface area is 143 Å². The lowest BCUT2D eigenvalue weighted by Crippen LogP contribution is -2.41. The van der Waals surface area contributed by atoms with E-state index in [0.717, 1.165) is 24.2 Å². The maximum absolute atomic E-state index is 11.9. The summed E-state index contributed by atoms with van der Waals surface area (Å²) in [6.45, 7) is 4.82. The highest BCUT2D eigenvalue weighted by Gasteiger charge is 2.22. The average Bonchev–Trinajstić information content (AvgIpc) is 3.04. The molecule has 1 saturated heterocycles. The first-order chi connectivity index (χ1) is 11.5. The van der Waals surface area contributed by atoms with Crippen molar-refractivity contribution < 1.29 is 14.7 Å². The highest BCUT2D eigenvalue weighted by Crippen LogP contribution is 2.21. The minimum absolute atomic E-state index is 0.164. The molecule has 1 fully saturated rings. The van der Waals surface area contributed by atoms with E-state index in [4.69, 9.17) is 0 Å². The Morgan fingerprint density at radius 2 is 1.96 bits per heavy atom. The summed E-state index contributed by atoms with van der Waals surface area (Å²) < 4.78 is 0. The molecule has 1 heterocycles. The zero-order valence-electron chi connectivity index (χ0n) is 14.4. The fourth-order valence-corrected chi connectivity index (χ4v) is 2.67. The van der Waals surface area contributed by atoms with Crippen LogP contribution >= 0.6 is 0 Å².